The van der Waals surface area contributed by atoms with Gasteiger partial charge in [0.2, 0.25) is 5.82 Å². The van der Waals surface area contributed by atoms with Gasteiger partial charge in [-0.25, -0.2) is 4.79 Å². The van der Waals surface area contributed by atoms with Crippen LogP contribution in [0.1, 0.15) is 43.1 Å². The number of nitriles is 1. The second-order valence-corrected chi connectivity index (χ2v) is 6.16. The molecule has 1 aromatic heterocycles. The predicted octanol–water partition coefficient (Wildman–Crippen LogP) is 2.34. The van der Waals surface area contributed by atoms with Gasteiger partial charge in [-0.3, -0.25) is 0 Å². The summed E-state index contributed by atoms with van der Waals surface area (Å²) in [6, 6.07) is 7.48. The standard InChI is InChI=1S/C16H19N5O2/c1-16(2,3)13-9-11(8-12(10-13)15(22)23-4)14-18-20-21(19-14)7-5-6-17/h8-10H,5,7H2,1-4H3. The average molecular weight is 313 g/mol. The Kier molecular flexibility index (Phi) is 4.74. The van der Waals surface area contributed by atoms with Gasteiger partial charge in [0.05, 0.1) is 31.7 Å². The highest BCUT2D eigenvalue weighted by Crippen LogP contribution is 2.28. The molecule has 0 aliphatic carbocycles. The third-order valence-corrected chi connectivity index (χ3v) is 3.35. The van der Waals surface area contributed by atoms with E-state index in [1.807, 2.05) is 18.2 Å². The normalized spacial score (nSPS) is 11.1. The van der Waals surface area contributed by atoms with Crippen molar-refractivity contribution < 1.29 is 9.53 Å². The molecule has 23 heavy (non-hydrogen) atoms. The summed E-state index contributed by atoms with van der Waals surface area (Å²) in [5.74, 6) is 0.00779. The van der Waals surface area contributed by atoms with Gasteiger partial charge in [0.1, 0.15) is 0 Å². The summed E-state index contributed by atoms with van der Waals surface area (Å²) in [6.07, 6.45) is 0.311. The molecule has 120 valence electrons. The summed E-state index contributed by atoms with van der Waals surface area (Å²) < 4.78 is 4.82. The predicted molar refractivity (Wildman–Crippen MR) is 83.5 cm³/mol. The highest BCUT2D eigenvalue weighted by molar-refractivity contribution is 5.91. The highest BCUT2D eigenvalue weighted by Gasteiger charge is 2.19. The topological polar surface area (TPSA) is 93.7 Å². The Morgan fingerprint density at radius 2 is 2.09 bits per heavy atom. The molecule has 0 bridgehead atoms. The fourth-order valence-electron chi connectivity index (χ4n) is 2.03. The van der Waals surface area contributed by atoms with Crippen LogP contribution < -0.4 is 0 Å². The maximum atomic E-state index is 11.9. The van der Waals surface area contributed by atoms with Crippen LogP contribution in [0.25, 0.3) is 11.4 Å². The maximum Gasteiger partial charge on any atom is 0.337 e. The minimum absolute atomic E-state index is 0.143. The minimum Gasteiger partial charge on any atom is -0.465 e. The maximum absolute atomic E-state index is 11.9. The van der Waals surface area contributed by atoms with E-state index in [-0.39, 0.29) is 5.41 Å². The van der Waals surface area contributed by atoms with Crippen LogP contribution >= 0.6 is 0 Å². The fourth-order valence-corrected chi connectivity index (χ4v) is 2.03. The number of aromatic nitrogens is 4. The molecular weight excluding hydrogens is 294 g/mol. The minimum atomic E-state index is -0.408. The lowest BCUT2D eigenvalue weighted by Crippen LogP contribution is -2.13. The molecule has 0 fully saturated rings. The molecule has 0 unspecified atom stereocenters. The number of carbonyl (C=O) groups excluding carboxylic acids is 1. The number of esters is 1. The molecule has 1 heterocycles. The molecule has 0 aliphatic rings. The van der Waals surface area contributed by atoms with Gasteiger partial charge in [-0.05, 0) is 34.4 Å². The number of hydrogen-bond acceptors (Lipinski definition) is 6. The van der Waals surface area contributed by atoms with Gasteiger partial charge in [0.15, 0.2) is 0 Å². The van der Waals surface area contributed by atoms with Gasteiger partial charge >= 0.3 is 5.97 Å². The second kappa shape index (κ2) is 6.57. The van der Waals surface area contributed by atoms with E-state index in [1.54, 1.807) is 6.07 Å². The second-order valence-electron chi connectivity index (χ2n) is 6.16. The van der Waals surface area contributed by atoms with Crippen LogP contribution in [0.15, 0.2) is 18.2 Å². The molecule has 0 saturated heterocycles. The van der Waals surface area contributed by atoms with Crippen molar-refractivity contribution in [3.63, 3.8) is 0 Å². The summed E-state index contributed by atoms with van der Waals surface area (Å²) >= 11 is 0. The lowest BCUT2D eigenvalue weighted by Gasteiger charge is -2.20. The van der Waals surface area contributed by atoms with Crippen LogP contribution in [-0.2, 0) is 16.7 Å². The first kappa shape index (κ1) is 16.6. The quantitative estimate of drug-likeness (QED) is 0.804. The van der Waals surface area contributed by atoms with Gasteiger partial charge in [0.25, 0.3) is 0 Å². The zero-order chi connectivity index (χ0) is 17.0. The zero-order valence-corrected chi connectivity index (χ0v) is 13.7. The van der Waals surface area contributed by atoms with Crippen LogP contribution in [0, 0.1) is 11.3 Å². The van der Waals surface area contributed by atoms with Gasteiger partial charge in [-0.1, -0.05) is 20.8 Å². The van der Waals surface area contributed by atoms with Crippen molar-refractivity contribution in [2.75, 3.05) is 7.11 Å². The average Bonchev–Trinajstić information content (AvgIpc) is 2.99. The number of rotatable bonds is 4. The Morgan fingerprint density at radius 3 is 2.70 bits per heavy atom. The van der Waals surface area contributed by atoms with Gasteiger partial charge < -0.3 is 4.74 Å². The number of tetrazole rings is 1. The van der Waals surface area contributed by atoms with E-state index >= 15 is 0 Å². The molecule has 0 N–H and O–H groups in total. The van der Waals surface area contributed by atoms with Crippen LogP contribution in [0.2, 0.25) is 0 Å². The Bertz CT molecular complexity index is 753. The largest absolute Gasteiger partial charge is 0.465 e. The monoisotopic (exact) mass is 313 g/mol. The summed E-state index contributed by atoms with van der Waals surface area (Å²) in [5, 5.41) is 20.8. The van der Waals surface area contributed by atoms with Crippen molar-refractivity contribution in [1.29, 1.82) is 5.26 Å². The third-order valence-electron chi connectivity index (χ3n) is 3.35. The van der Waals surface area contributed by atoms with Gasteiger partial charge in [-0.15, -0.1) is 10.2 Å². The summed E-state index contributed by atoms with van der Waals surface area (Å²) in [6.45, 7) is 6.56. The summed E-state index contributed by atoms with van der Waals surface area (Å²) in [4.78, 5) is 13.3. The molecule has 0 radical (unpaired) electrons. The van der Waals surface area contributed by atoms with Crippen molar-refractivity contribution >= 4 is 5.97 Å². The van der Waals surface area contributed by atoms with E-state index in [1.165, 1.54) is 11.9 Å². The van der Waals surface area contributed by atoms with E-state index in [0.717, 1.165) is 5.56 Å². The number of nitrogens with zero attached hydrogens (tertiary/aromatic N) is 5. The molecule has 2 aromatic rings. The van der Waals surface area contributed by atoms with E-state index in [0.29, 0.717) is 29.9 Å². The zero-order valence-electron chi connectivity index (χ0n) is 13.7. The molecule has 0 atom stereocenters. The number of hydrogen-bond donors (Lipinski definition) is 0. The Hall–Kier alpha value is -2.75. The van der Waals surface area contributed by atoms with Crippen LogP contribution in [0.5, 0.6) is 0 Å². The molecule has 1 aromatic carbocycles. The Morgan fingerprint density at radius 1 is 1.35 bits per heavy atom. The summed E-state index contributed by atoms with van der Waals surface area (Å²) in [7, 11) is 1.35. The molecule has 0 aliphatic heterocycles. The van der Waals surface area contributed by atoms with E-state index in [4.69, 9.17) is 10.00 Å². The molecular formula is C16H19N5O2. The smallest absolute Gasteiger partial charge is 0.337 e. The van der Waals surface area contributed by atoms with Crippen LogP contribution in [-0.4, -0.2) is 33.3 Å². The summed E-state index contributed by atoms with van der Waals surface area (Å²) in [5.41, 5.74) is 1.98. The number of methoxy groups -OCH3 is 1. The van der Waals surface area contributed by atoms with E-state index in [2.05, 4.69) is 36.2 Å². The number of aryl methyl sites for hydroxylation is 1. The van der Waals surface area contributed by atoms with Crippen molar-refractivity contribution in [2.45, 2.75) is 39.2 Å². The van der Waals surface area contributed by atoms with E-state index < -0.39 is 5.97 Å². The first-order valence-corrected chi connectivity index (χ1v) is 7.24. The van der Waals surface area contributed by atoms with Crippen LogP contribution in [0.4, 0.5) is 0 Å². The number of carbonyl (C=O) groups is 1. The SMILES string of the molecule is COC(=O)c1cc(-c2nnn(CCC#N)n2)cc(C(C)(C)C)c1. The molecule has 7 nitrogen and oxygen atoms in total. The molecule has 0 spiro atoms. The van der Waals surface area contributed by atoms with Crippen molar-refractivity contribution in [3.8, 4) is 17.5 Å². The highest BCUT2D eigenvalue weighted by atomic mass is 16.5. The lowest BCUT2D eigenvalue weighted by molar-refractivity contribution is 0.0600. The first-order valence-electron chi connectivity index (χ1n) is 7.24. The van der Waals surface area contributed by atoms with Gasteiger partial charge in [0, 0.05) is 5.56 Å². The van der Waals surface area contributed by atoms with Crippen molar-refractivity contribution in [3.05, 3.63) is 29.3 Å². The third kappa shape index (κ3) is 3.92. The Balaban J connectivity index is 2.47. The molecule has 7 heteroatoms. The van der Waals surface area contributed by atoms with Crippen LogP contribution in [0.3, 0.4) is 0 Å². The molecule has 0 amide bonds. The molecule has 2 rings (SSSR count). The first-order chi connectivity index (χ1) is 10.8. The lowest BCUT2D eigenvalue weighted by atomic mass is 9.85. The number of ether oxygens (including phenoxy) is 1. The number of benzene rings is 1. The van der Waals surface area contributed by atoms with Crippen molar-refractivity contribution in [2.24, 2.45) is 0 Å². The van der Waals surface area contributed by atoms with Gasteiger partial charge in [-0.2, -0.15) is 10.1 Å². The molecule has 0 saturated carbocycles. The Labute approximate surface area is 134 Å². The van der Waals surface area contributed by atoms with Crippen molar-refractivity contribution in [1.82, 2.24) is 20.2 Å². The fraction of sp³-hybridized carbons (Fsp3) is 0.438. The van der Waals surface area contributed by atoms with E-state index in [9.17, 15) is 4.79 Å².